The van der Waals surface area contributed by atoms with Gasteiger partial charge in [0.15, 0.2) is 5.13 Å². The van der Waals surface area contributed by atoms with Crippen molar-refractivity contribution >= 4 is 28.5 Å². The molecule has 3 nitrogen and oxygen atoms in total. The minimum atomic E-state index is -0.333. The lowest BCUT2D eigenvalue weighted by Crippen LogP contribution is -2.07. The van der Waals surface area contributed by atoms with Crippen molar-refractivity contribution in [3.63, 3.8) is 0 Å². The van der Waals surface area contributed by atoms with E-state index in [9.17, 15) is 9.18 Å². The molecule has 1 amide bonds. The highest BCUT2D eigenvalue weighted by molar-refractivity contribution is 7.14. The van der Waals surface area contributed by atoms with E-state index in [1.807, 2.05) is 11.4 Å². The average molecular weight is 352 g/mol. The van der Waals surface area contributed by atoms with Crippen LogP contribution in [0.5, 0.6) is 0 Å². The van der Waals surface area contributed by atoms with Crippen LogP contribution in [0.1, 0.15) is 16.7 Å². The highest BCUT2D eigenvalue weighted by Gasteiger charge is 2.07. The molecular weight excluding hydrogens is 335 g/mol. The van der Waals surface area contributed by atoms with E-state index in [1.54, 1.807) is 18.2 Å². The first-order valence-electron chi connectivity index (χ1n) is 7.79. The number of amides is 1. The van der Waals surface area contributed by atoms with E-state index in [0.29, 0.717) is 10.7 Å². The van der Waals surface area contributed by atoms with E-state index in [4.69, 9.17) is 0 Å². The molecule has 0 saturated carbocycles. The van der Waals surface area contributed by atoms with Crippen molar-refractivity contribution in [3.05, 3.63) is 76.4 Å². The Morgan fingerprint density at radius 1 is 1.16 bits per heavy atom. The molecule has 0 bridgehead atoms. The number of benzene rings is 2. The molecule has 3 rings (SSSR count). The molecule has 0 atom stereocenters. The standard InChI is InChI=1S/C20H17FN2OS/c1-13-6-8-16(10-14(13)2)18-12-25-20(22-18)23-19(24)9-7-15-4-3-5-17(21)11-15/h3-12H,1-2H3,(H,22,23,24)/b9-7+. The first-order chi connectivity index (χ1) is 12.0. The van der Waals surface area contributed by atoms with E-state index in [0.717, 1.165) is 11.3 Å². The minimum Gasteiger partial charge on any atom is -0.298 e. The fraction of sp³-hybridized carbons (Fsp3) is 0.100. The number of nitrogens with one attached hydrogen (secondary N) is 1. The second-order valence-electron chi connectivity index (χ2n) is 5.71. The van der Waals surface area contributed by atoms with Gasteiger partial charge in [-0.15, -0.1) is 11.3 Å². The molecule has 25 heavy (non-hydrogen) atoms. The van der Waals surface area contributed by atoms with Gasteiger partial charge >= 0.3 is 0 Å². The second-order valence-corrected chi connectivity index (χ2v) is 6.57. The molecule has 2 aromatic carbocycles. The summed E-state index contributed by atoms with van der Waals surface area (Å²) in [6.45, 7) is 4.13. The summed E-state index contributed by atoms with van der Waals surface area (Å²) in [6, 6.07) is 12.2. The number of carbonyl (C=O) groups excluding carboxylic acids is 1. The molecule has 0 radical (unpaired) electrons. The van der Waals surface area contributed by atoms with Crippen LogP contribution in [-0.2, 0) is 4.79 Å². The smallest absolute Gasteiger partial charge is 0.250 e. The van der Waals surface area contributed by atoms with Gasteiger partial charge in [0.2, 0.25) is 5.91 Å². The lowest BCUT2D eigenvalue weighted by atomic mass is 10.1. The largest absolute Gasteiger partial charge is 0.298 e. The number of anilines is 1. The third-order valence-electron chi connectivity index (χ3n) is 3.81. The van der Waals surface area contributed by atoms with Gasteiger partial charge in [0.25, 0.3) is 0 Å². The van der Waals surface area contributed by atoms with Crippen LogP contribution in [0.25, 0.3) is 17.3 Å². The summed E-state index contributed by atoms with van der Waals surface area (Å²) < 4.78 is 13.1. The predicted octanol–water partition coefficient (Wildman–Crippen LogP) is 5.22. The number of hydrogen-bond donors (Lipinski definition) is 1. The maximum atomic E-state index is 13.1. The lowest BCUT2D eigenvalue weighted by molar-refractivity contribution is -0.111. The molecule has 1 N–H and O–H groups in total. The SMILES string of the molecule is Cc1ccc(-c2csc(NC(=O)/C=C/c3cccc(F)c3)n2)cc1C. The third-order valence-corrected chi connectivity index (χ3v) is 4.57. The first kappa shape index (κ1) is 17.0. The molecule has 0 aliphatic heterocycles. The fourth-order valence-corrected chi connectivity index (χ4v) is 3.02. The Hall–Kier alpha value is -2.79. The molecule has 3 aromatic rings. The normalized spacial score (nSPS) is 11.0. The van der Waals surface area contributed by atoms with Crippen LogP contribution in [-0.4, -0.2) is 10.9 Å². The lowest BCUT2D eigenvalue weighted by Gasteiger charge is -2.02. The molecule has 0 unspecified atom stereocenters. The van der Waals surface area contributed by atoms with E-state index >= 15 is 0 Å². The molecule has 0 fully saturated rings. The molecule has 0 aliphatic carbocycles. The Morgan fingerprint density at radius 3 is 2.76 bits per heavy atom. The van der Waals surface area contributed by atoms with Gasteiger partial charge in [-0.3, -0.25) is 10.1 Å². The average Bonchev–Trinajstić information content (AvgIpc) is 3.04. The van der Waals surface area contributed by atoms with Gasteiger partial charge in [0.05, 0.1) is 5.69 Å². The van der Waals surface area contributed by atoms with E-state index in [-0.39, 0.29) is 11.7 Å². The van der Waals surface area contributed by atoms with Gasteiger partial charge < -0.3 is 0 Å². The predicted molar refractivity (Wildman–Crippen MR) is 101 cm³/mol. The van der Waals surface area contributed by atoms with E-state index in [2.05, 4.69) is 36.3 Å². The number of thiazole rings is 1. The molecule has 5 heteroatoms. The van der Waals surface area contributed by atoms with Crippen LogP contribution >= 0.6 is 11.3 Å². The summed E-state index contributed by atoms with van der Waals surface area (Å²) in [5.74, 6) is -0.634. The summed E-state index contributed by atoms with van der Waals surface area (Å²) >= 11 is 1.37. The summed E-state index contributed by atoms with van der Waals surface area (Å²) in [5, 5.41) is 5.17. The number of nitrogens with zero attached hydrogens (tertiary/aromatic N) is 1. The Morgan fingerprint density at radius 2 is 2.00 bits per heavy atom. The summed E-state index contributed by atoms with van der Waals surface area (Å²) in [6.07, 6.45) is 2.93. The van der Waals surface area contributed by atoms with E-state index in [1.165, 1.54) is 40.7 Å². The molecule has 1 aromatic heterocycles. The van der Waals surface area contributed by atoms with Crippen LogP contribution in [0.15, 0.2) is 53.9 Å². The molecule has 0 saturated heterocycles. The van der Waals surface area contributed by atoms with Gasteiger partial charge in [0, 0.05) is 17.0 Å². The van der Waals surface area contributed by atoms with E-state index < -0.39 is 0 Å². The van der Waals surface area contributed by atoms with Gasteiger partial charge in [-0.05, 0) is 54.8 Å². The zero-order chi connectivity index (χ0) is 17.8. The van der Waals surface area contributed by atoms with Crippen molar-refractivity contribution in [3.8, 4) is 11.3 Å². The zero-order valence-electron chi connectivity index (χ0n) is 13.9. The van der Waals surface area contributed by atoms with Crippen molar-refractivity contribution in [1.82, 2.24) is 4.98 Å². The van der Waals surface area contributed by atoms with Crippen molar-refractivity contribution in [2.45, 2.75) is 13.8 Å². The Balaban J connectivity index is 1.68. The van der Waals surface area contributed by atoms with Crippen LogP contribution in [0.4, 0.5) is 9.52 Å². The number of carbonyl (C=O) groups is 1. The zero-order valence-corrected chi connectivity index (χ0v) is 14.7. The van der Waals surface area contributed by atoms with Crippen molar-refractivity contribution in [2.75, 3.05) is 5.32 Å². The minimum absolute atomic E-state index is 0.301. The molecular formula is C20H17FN2OS. The van der Waals surface area contributed by atoms with Crippen LogP contribution < -0.4 is 5.32 Å². The number of aryl methyl sites for hydroxylation is 2. The van der Waals surface area contributed by atoms with Gasteiger partial charge in [-0.25, -0.2) is 9.37 Å². The van der Waals surface area contributed by atoms with Gasteiger partial charge in [0.1, 0.15) is 5.82 Å². The molecule has 126 valence electrons. The Kier molecular flexibility index (Phi) is 5.05. The maximum absolute atomic E-state index is 13.1. The first-order valence-corrected chi connectivity index (χ1v) is 8.67. The van der Waals surface area contributed by atoms with Crippen molar-refractivity contribution in [1.29, 1.82) is 0 Å². The molecule has 0 aliphatic rings. The third kappa shape index (κ3) is 4.39. The topological polar surface area (TPSA) is 42.0 Å². The van der Waals surface area contributed by atoms with Crippen molar-refractivity contribution < 1.29 is 9.18 Å². The van der Waals surface area contributed by atoms with Crippen LogP contribution in [0.3, 0.4) is 0 Å². The number of hydrogen-bond acceptors (Lipinski definition) is 3. The number of rotatable bonds is 4. The second kappa shape index (κ2) is 7.40. The summed E-state index contributed by atoms with van der Waals surface area (Å²) in [5.41, 5.74) is 4.92. The highest BCUT2D eigenvalue weighted by atomic mass is 32.1. The van der Waals surface area contributed by atoms with Crippen LogP contribution in [0, 0.1) is 19.7 Å². The quantitative estimate of drug-likeness (QED) is 0.654. The molecule has 1 heterocycles. The number of aromatic nitrogens is 1. The number of halogens is 1. The summed E-state index contributed by atoms with van der Waals surface area (Å²) in [7, 11) is 0. The van der Waals surface area contributed by atoms with Crippen LogP contribution in [0.2, 0.25) is 0 Å². The monoisotopic (exact) mass is 352 g/mol. The van der Waals surface area contributed by atoms with Gasteiger partial charge in [-0.2, -0.15) is 0 Å². The van der Waals surface area contributed by atoms with Crippen molar-refractivity contribution in [2.24, 2.45) is 0 Å². The maximum Gasteiger partial charge on any atom is 0.250 e. The highest BCUT2D eigenvalue weighted by Crippen LogP contribution is 2.26. The molecule has 0 spiro atoms. The summed E-state index contributed by atoms with van der Waals surface area (Å²) in [4.78, 5) is 16.4. The Labute approximate surface area is 149 Å². The fourth-order valence-electron chi connectivity index (χ4n) is 2.29. The Bertz CT molecular complexity index is 946. The van der Waals surface area contributed by atoms with Gasteiger partial charge in [-0.1, -0.05) is 24.3 Å².